The minimum absolute atomic E-state index is 0.0344. The van der Waals surface area contributed by atoms with E-state index in [1.54, 1.807) is 30.9 Å². The van der Waals surface area contributed by atoms with Gasteiger partial charge >= 0.3 is 5.97 Å². The van der Waals surface area contributed by atoms with Crippen LogP contribution in [-0.2, 0) is 15.0 Å². The van der Waals surface area contributed by atoms with Crippen LogP contribution in [0.25, 0.3) is 0 Å². The van der Waals surface area contributed by atoms with E-state index in [4.69, 9.17) is 16.7 Å². The van der Waals surface area contributed by atoms with Gasteiger partial charge in [0.1, 0.15) is 0 Å². The van der Waals surface area contributed by atoms with Gasteiger partial charge in [0.25, 0.3) is 0 Å². The minimum atomic E-state index is -1.73. The first kappa shape index (κ1) is 16.8. The molecule has 0 unspecified atom stereocenters. The fraction of sp³-hybridized carbons (Fsp3) is 0.500. The van der Waals surface area contributed by atoms with E-state index in [1.807, 2.05) is 12.1 Å². The first-order valence-corrected chi connectivity index (χ1v) is 7.56. The quantitative estimate of drug-likeness (QED) is 0.891. The van der Waals surface area contributed by atoms with Crippen molar-refractivity contribution in [1.29, 1.82) is 0 Å². The van der Waals surface area contributed by atoms with Crippen molar-refractivity contribution in [1.82, 2.24) is 4.90 Å². The number of amides is 1. The van der Waals surface area contributed by atoms with E-state index in [0.29, 0.717) is 5.02 Å². The van der Waals surface area contributed by atoms with Crippen LogP contribution in [0, 0.1) is 0 Å². The van der Waals surface area contributed by atoms with Crippen molar-refractivity contribution in [2.75, 3.05) is 13.1 Å². The van der Waals surface area contributed by atoms with E-state index in [0.717, 1.165) is 5.56 Å². The Morgan fingerprint density at radius 1 is 1.23 bits per heavy atom. The molecule has 22 heavy (non-hydrogen) atoms. The third-order valence-corrected chi connectivity index (χ3v) is 4.69. The van der Waals surface area contributed by atoms with Gasteiger partial charge in [-0.15, -0.1) is 0 Å². The van der Waals surface area contributed by atoms with Crippen LogP contribution >= 0.6 is 11.6 Å². The molecule has 2 N–H and O–H groups in total. The number of carbonyl (C=O) groups is 2. The molecule has 0 atom stereocenters. The fourth-order valence-corrected chi connectivity index (χ4v) is 3.14. The number of rotatable bonds is 3. The van der Waals surface area contributed by atoms with Gasteiger partial charge in [-0.3, -0.25) is 4.79 Å². The minimum Gasteiger partial charge on any atom is -0.479 e. The number of nitrogens with zero attached hydrogens (tertiary/aromatic N) is 1. The number of carbonyl (C=O) groups excluding carboxylic acids is 1. The van der Waals surface area contributed by atoms with Crippen LogP contribution in [0.2, 0.25) is 5.02 Å². The van der Waals surface area contributed by atoms with Gasteiger partial charge in [-0.25, -0.2) is 4.79 Å². The second-order valence-electron chi connectivity index (χ2n) is 6.23. The Morgan fingerprint density at radius 2 is 1.77 bits per heavy atom. The molecule has 1 amide bonds. The molecule has 6 heteroatoms. The lowest BCUT2D eigenvalue weighted by Crippen LogP contribution is -2.54. The Kier molecular flexibility index (Phi) is 4.49. The zero-order valence-electron chi connectivity index (χ0n) is 12.7. The van der Waals surface area contributed by atoms with E-state index < -0.39 is 17.0 Å². The Labute approximate surface area is 134 Å². The topological polar surface area (TPSA) is 77.8 Å². The summed E-state index contributed by atoms with van der Waals surface area (Å²) in [7, 11) is 0. The Bertz CT molecular complexity index is 592. The molecular formula is C16H20ClNO4. The molecule has 0 spiro atoms. The van der Waals surface area contributed by atoms with E-state index in [-0.39, 0.29) is 31.8 Å². The first-order valence-electron chi connectivity index (χ1n) is 7.18. The molecule has 0 radical (unpaired) electrons. The highest BCUT2D eigenvalue weighted by atomic mass is 35.5. The summed E-state index contributed by atoms with van der Waals surface area (Å²) in [6.07, 6.45) is 0.0688. The predicted molar refractivity (Wildman–Crippen MR) is 82.9 cm³/mol. The molecule has 1 fully saturated rings. The number of carboxylic acid groups (broad SMARTS) is 1. The molecule has 1 aliphatic heterocycles. The van der Waals surface area contributed by atoms with Crippen LogP contribution in [0.15, 0.2) is 24.3 Å². The number of hydrogen-bond acceptors (Lipinski definition) is 3. The van der Waals surface area contributed by atoms with Crippen LogP contribution in [0.4, 0.5) is 0 Å². The van der Waals surface area contributed by atoms with Crippen molar-refractivity contribution < 1.29 is 19.8 Å². The molecule has 2 rings (SSSR count). The number of likely N-dealkylation sites (tertiary alicyclic amines) is 1. The Hall–Kier alpha value is -1.59. The number of aliphatic carboxylic acids is 1. The van der Waals surface area contributed by atoms with Crippen molar-refractivity contribution >= 4 is 23.5 Å². The molecule has 0 aliphatic carbocycles. The van der Waals surface area contributed by atoms with Gasteiger partial charge in [0, 0.05) is 31.0 Å². The number of carboxylic acids is 1. The summed E-state index contributed by atoms with van der Waals surface area (Å²) in [5.41, 5.74) is -1.80. The number of halogens is 1. The summed E-state index contributed by atoms with van der Waals surface area (Å²) in [6.45, 7) is 4.04. The molecule has 0 bridgehead atoms. The van der Waals surface area contributed by atoms with Crippen molar-refractivity contribution in [3.05, 3.63) is 34.9 Å². The summed E-state index contributed by atoms with van der Waals surface area (Å²) in [4.78, 5) is 25.4. The van der Waals surface area contributed by atoms with Crippen molar-refractivity contribution in [2.45, 2.75) is 37.7 Å². The standard InChI is InChI=1S/C16H20ClNO4/c1-15(2,11-5-3-4-6-12(11)17)13(19)18-9-7-16(22,8-10-18)14(20)21/h3-6,22H,7-10H2,1-2H3,(H,20,21). The average Bonchev–Trinajstić information content (AvgIpc) is 2.47. The lowest BCUT2D eigenvalue weighted by atomic mass is 9.81. The van der Waals surface area contributed by atoms with Gasteiger partial charge < -0.3 is 15.1 Å². The molecule has 5 nitrogen and oxygen atoms in total. The van der Waals surface area contributed by atoms with Crippen LogP contribution in [0.3, 0.4) is 0 Å². The molecule has 120 valence electrons. The Morgan fingerprint density at radius 3 is 2.27 bits per heavy atom. The predicted octanol–water partition coefficient (Wildman–Crippen LogP) is 2.06. The smallest absolute Gasteiger partial charge is 0.335 e. The summed E-state index contributed by atoms with van der Waals surface area (Å²) >= 11 is 6.19. The van der Waals surface area contributed by atoms with Crippen molar-refractivity contribution in [2.24, 2.45) is 0 Å². The molecule has 1 aliphatic rings. The van der Waals surface area contributed by atoms with E-state index in [9.17, 15) is 14.7 Å². The average molecular weight is 326 g/mol. The van der Waals surface area contributed by atoms with Crippen molar-refractivity contribution in [3.63, 3.8) is 0 Å². The highest BCUT2D eigenvalue weighted by molar-refractivity contribution is 6.31. The molecule has 1 saturated heterocycles. The lowest BCUT2D eigenvalue weighted by molar-refractivity contribution is -0.166. The summed E-state index contributed by atoms with van der Waals surface area (Å²) < 4.78 is 0. The summed E-state index contributed by atoms with van der Waals surface area (Å²) in [5, 5.41) is 19.5. The van der Waals surface area contributed by atoms with E-state index >= 15 is 0 Å². The van der Waals surface area contributed by atoms with Gasteiger partial charge in [-0.05, 0) is 25.5 Å². The second kappa shape index (κ2) is 5.89. The fourth-order valence-electron chi connectivity index (χ4n) is 2.77. The number of piperidine rings is 1. The largest absolute Gasteiger partial charge is 0.479 e. The number of aliphatic hydroxyl groups is 1. The SMILES string of the molecule is CC(C)(C(=O)N1CCC(O)(C(=O)O)CC1)c1ccccc1Cl. The molecule has 1 aromatic rings. The molecule has 1 heterocycles. The first-order chi connectivity index (χ1) is 10.2. The normalized spacial score (nSPS) is 18.1. The van der Waals surface area contributed by atoms with Gasteiger partial charge in [-0.1, -0.05) is 29.8 Å². The van der Waals surface area contributed by atoms with Gasteiger partial charge in [0.05, 0.1) is 5.41 Å². The van der Waals surface area contributed by atoms with Crippen molar-refractivity contribution in [3.8, 4) is 0 Å². The second-order valence-corrected chi connectivity index (χ2v) is 6.64. The monoisotopic (exact) mass is 325 g/mol. The lowest BCUT2D eigenvalue weighted by Gasteiger charge is -2.39. The highest BCUT2D eigenvalue weighted by Crippen LogP contribution is 2.33. The third-order valence-electron chi connectivity index (χ3n) is 4.36. The Balaban J connectivity index is 2.16. The third kappa shape index (κ3) is 2.96. The zero-order valence-corrected chi connectivity index (χ0v) is 13.4. The maximum Gasteiger partial charge on any atom is 0.335 e. The maximum atomic E-state index is 12.8. The molecular weight excluding hydrogens is 306 g/mol. The van der Waals surface area contributed by atoms with E-state index in [1.165, 1.54) is 0 Å². The van der Waals surface area contributed by atoms with Gasteiger partial charge in [-0.2, -0.15) is 0 Å². The van der Waals surface area contributed by atoms with Gasteiger partial charge in [0.2, 0.25) is 5.91 Å². The van der Waals surface area contributed by atoms with Crippen LogP contribution in [0.1, 0.15) is 32.3 Å². The van der Waals surface area contributed by atoms with Gasteiger partial charge in [0.15, 0.2) is 5.60 Å². The molecule has 0 aromatic heterocycles. The number of benzene rings is 1. The van der Waals surface area contributed by atoms with E-state index in [2.05, 4.69) is 0 Å². The highest BCUT2D eigenvalue weighted by Gasteiger charge is 2.43. The van der Waals surface area contributed by atoms with Crippen LogP contribution in [-0.4, -0.2) is 45.7 Å². The maximum absolute atomic E-state index is 12.8. The number of hydrogen-bond donors (Lipinski definition) is 2. The summed E-state index contributed by atoms with van der Waals surface area (Å²) in [5.74, 6) is -1.35. The van der Waals surface area contributed by atoms with Crippen LogP contribution < -0.4 is 0 Å². The molecule has 1 aromatic carbocycles. The zero-order chi connectivity index (χ0) is 16.5. The van der Waals surface area contributed by atoms with Crippen LogP contribution in [0.5, 0.6) is 0 Å². The molecule has 0 saturated carbocycles. The summed E-state index contributed by atoms with van der Waals surface area (Å²) in [6, 6.07) is 7.19.